The van der Waals surface area contributed by atoms with Crippen molar-refractivity contribution in [2.24, 2.45) is 5.73 Å². The van der Waals surface area contributed by atoms with Crippen LogP contribution in [0.1, 0.15) is 66.9 Å². The third kappa shape index (κ3) is 6.18. The molecule has 38 heavy (non-hydrogen) atoms. The van der Waals surface area contributed by atoms with Gasteiger partial charge < -0.3 is 15.3 Å². The molecule has 5 N–H and O–H groups in total. The summed E-state index contributed by atoms with van der Waals surface area (Å²) in [6, 6.07) is 11.7. The van der Waals surface area contributed by atoms with E-state index in [1.807, 2.05) is 37.4 Å². The van der Waals surface area contributed by atoms with E-state index in [9.17, 15) is 22.0 Å². The number of nitrogens with zero attached hydrogens (tertiary/aromatic N) is 1. The molecule has 4 rings (SSSR count). The van der Waals surface area contributed by atoms with E-state index in [0.717, 1.165) is 34.1 Å². The molecule has 1 aliphatic heterocycles. The molecule has 11 heteroatoms. The molecule has 9 nitrogen and oxygen atoms in total. The summed E-state index contributed by atoms with van der Waals surface area (Å²) in [6.07, 6.45) is 4.76. The molecule has 2 unspecified atom stereocenters. The van der Waals surface area contributed by atoms with E-state index in [1.54, 1.807) is 17.3 Å². The summed E-state index contributed by atoms with van der Waals surface area (Å²) in [7, 11) is -3.20. The van der Waals surface area contributed by atoms with Crippen molar-refractivity contribution < 1.29 is 22.0 Å². The van der Waals surface area contributed by atoms with Crippen LogP contribution in [0.15, 0.2) is 42.6 Å². The van der Waals surface area contributed by atoms with Crippen LogP contribution in [-0.4, -0.2) is 56.6 Å². The van der Waals surface area contributed by atoms with E-state index < -0.39 is 32.4 Å². The molecule has 0 spiro atoms. The Hall–Kier alpha value is -2.57. The summed E-state index contributed by atoms with van der Waals surface area (Å²) >= 11 is -1.93. The highest BCUT2D eigenvalue weighted by molar-refractivity contribution is 7.89. The number of sulfonamides is 1. The molecular weight excluding hydrogens is 524 g/mol. The maximum atomic E-state index is 12.4. The van der Waals surface area contributed by atoms with Gasteiger partial charge in [0.15, 0.2) is 11.1 Å². The molecule has 1 aromatic heterocycles. The third-order valence-corrected chi connectivity index (χ3v) is 10.1. The lowest BCUT2D eigenvalue weighted by molar-refractivity contribution is 0.100. The average Bonchev–Trinajstić information content (AvgIpc) is 3.34. The van der Waals surface area contributed by atoms with Crippen LogP contribution in [0.25, 0.3) is 22.0 Å². The zero-order chi connectivity index (χ0) is 27.4. The number of fused-ring (bicyclic) bond motifs is 1. The molecule has 2 heterocycles. The molecule has 3 aromatic rings. The van der Waals surface area contributed by atoms with Crippen LogP contribution >= 0.6 is 0 Å². The Morgan fingerprint density at radius 3 is 2.45 bits per heavy atom. The number of aromatic amines is 1. The zero-order valence-corrected chi connectivity index (χ0v) is 23.4. The zero-order valence-electron chi connectivity index (χ0n) is 21.8. The number of H-pyrrole nitrogens is 1. The minimum atomic E-state index is -3.20. The Balaban J connectivity index is 1.59. The van der Waals surface area contributed by atoms with Gasteiger partial charge in [0.2, 0.25) is 10.0 Å². The van der Waals surface area contributed by atoms with Crippen molar-refractivity contribution >= 4 is 37.9 Å². The molecule has 206 valence electrons. The topological polar surface area (TPSA) is 146 Å². The maximum absolute atomic E-state index is 12.4. The minimum Gasteiger partial charge on any atom is -0.366 e. The predicted molar refractivity (Wildman–Crippen MR) is 152 cm³/mol. The van der Waals surface area contributed by atoms with Crippen molar-refractivity contribution in [1.29, 1.82) is 0 Å². The minimum absolute atomic E-state index is 0.102. The van der Waals surface area contributed by atoms with Gasteiger partial charge in [-0.05, 0) is 66.5 Å². The van der Waals surface area contributed by atoms with Crippen molar-refractivity contribution in [2.45, 2.75) is 57.4 Å². The van der Waals surface area contributed by atoms with Gasteiger partial charge in [-0.25, -0.2) is 16.9 Å². The normalized spacial score (nSPS) is 17.0. The second-order valence-electron chi connectivity index (χ2n) is 9.76. The Kier molecular flexibility index (Phi) is 9.04. The van der Waals surface area contributed by atoms with Gasteiger partial charge in [0.25, 0.3) is 5.91 Å². The summed E-state index contributed by atoms with van der Waals surface area (Å²) in [5, 5.41) is 3.60. The lowest BCUT2D eigenvalue weighted by Crippen LogP contribution is -2.38. The van der Waals surface area contributed by atoms with E-state index in [4.69, 9.17) is 5.73 Å². The van der Waals surface area contributed by atoms with Crippen LogP contribution in [0.5, 0.6) is 0 Å². The summed E-state index contributed by atoms with van der Waals surface area (Å²) in [4.78, 5) is 15.6. The van der Waals surface area contributed by atoms with Gasteiger partial charge >= 0.3 is 0 Å². The van der Waals surface area contributed by atoms with Crippen LogP contribution in [0, 0.1) is 0 Å². The van der Waals surface area contributed by atoms with Gasteiger partial charge in [-0.15, -0.1) is 0 Å². The van der Waals surface area contributed by atoms with Crippen LogP contribution in [0.2, 0.25) is 0 Å². The Labute approximate surface area is 226 Å². The monoisotopic (exact) mass is 560 g/mol. The van der Waals surface area contributed by atoms with Gasteiger partial charge in [0, 0.05) is 31.2 Å². The average molecular weight is 561 g/mol. The molecule has 2 atom stereocenters. The summed E-state index contributed by atoms with van der Waals surface area (Å²) < 4.78 is 47.1. The van der Waals surface area contributed by atoms with Crippen molar-refractivity contribution in [3.8, 4) is 11.1 Å². The molecule has 0 radical (unpaired) electrons. The smallest absolute Gasteiger partial charge is 0.250 e. The highest BCUT2D eigenvalue weighted by Crippen LogP contribution is 2.37. The summed E-state index contributed by atoms with van der Waals surface area (Å²) in [5.41, 5.74) is 10.7. The first-order valence-electron chi connectivity index (χ1n) is 13.0. The number of amides is 1. The van der Waals surface area contributed by atoms with E-state index in [-0.39, 0.29) is 11.7 Å². The van der Waals surface area contributed by atoms with Crippen molar-refractivity contribution in [3.63, 3.8) is 0 Å². The number of nitrogens with one attached hydrogen (secondary N) is 2. The number of aromatic nitrogens is 1. The molecule has 1 fully saturated rings. The van der Waals surface area contributed by atoms with E-state index in [0.29, 0.717) is 50.0 Å². The number of carbonyl (C=O) groups excluding carboxylic acids is 1. The summed E-state index contributed by atoms with van der Waals surface area (Å²) in [5.74, 6) is -0.246. The molecule has 2 aromatic carbocycles. The fourth-order valence-electron chi connectivity index (χ4n) is 5.16. The first kappa shape index (κ1) is 28.4. The first-order valence-corrected chi connectivity index (χ1v) is 15.8. The highest BCUT2D eigenvalue weighted by Gasteiger charge is 2.29. The van der Waals surface area contributed by atoms with E-state index >= 15 is 0 Å². The number of hydrogen-bond donors (Lipinski definition) is 4. The number of benzene rings is 2. The Bertz CT molecular complexity index is 1410. The van der Waals surface area contributed by atoms with Crippen LogP contribution in [-0.2, 0) is 27.6 Å². The highest BCUT2D eigenvalue weighted by atomic mass is 32.2. The lowest BCUT2D eigenvalue weighted by atomic mass is 9.88. The van der Waals surface area contributed by atoms with Gasteiger partial charge in [-0.1, -0.05) is 37.6 Å². The number of piperidine rings is 1. The SMILES string of the molecule is CCCC(NCc1ccc(-c2cc(C(N)=O)c3[nH]cc(C4CCN(S(=O)(=O)CC)CC4)c3c2)cc1)S(=O)O. The molecule has 1 amide bonds. The fourth-order valence-corrected chi connectivity index (χ4v) is 6.96. The number of rotatable bonds is 11. The molecule has 1 saturated heterocycles. The fraction of sp³-hybridized carbons (Fsp3) is 0.444. The molecule has 1 aliphatic rings. The Morgan fingerprint density at radius 2 is 1.87 bits per heavy atom. The van der Waals surface area contributed by atoms with Crippen molar-refractivity contribution in [1.82, 2.24) is 14.6 Å². The maximum Gasteiger partial charge on any atom is 0.250 e. The number of primary amides is 1. The van der Waals surface area contributed by atoms with Gasteiger partial charge in [-0.3, -0.25) is 10.1 Å². The van der Waals surface area contributed by atoms with Crippen molar-refractivity contribution in [3.05, 3.63) is 59.3 Å². The van der Waals surface area contributed by atoms with Crippen LogP contribution in [0.3, 0.4) is 0 Å². The van der Waals surface area contributed by atoms with E-state index in [1.165, 1.54) is 0 Å². The molecule has 0 bridgehead atoms. The largest absolute Gasteiger partial charge is 0.366 e. The first-order chi connectivity index (χ1) is 18.1. The lowest BCUT2D eigenvalue weighted by Gasteiger charge is -2.31. The van der Waals surface area contributed by atoms with E-state index in [2.05, 4.69) is 16.4 Å². The predicted octanol–water partition coefficient (Wildman–Crippen LogP) is 3.90. The molecular formula is C27H36N4O5S2. The Morgan fingerprint density at radius 1 is 1.18 bits per heavy atom. The summed E-state index contributed by atoms with van der Waals surface area (Å²) in [6.45, 7) is 5.07. The van der Waals surface area contributed by atoms with Gasteiger partial charge in [-0.2, -0.15) is 0 Å². The van der Waals surface area contributed by atoms with Crippen LogP contribution < -0.4 is 11.1 Å². The molecule has 0 saturated carbocycles. The number of carbonyl (C=O) groups is 1. The quantitative estimate of drug-likeness (QED) is 0.262. The second kappa shape index (κ2) is 12.1. The number of nitrogens with two attached hydrogens (primary N) is 1. The van der Waals surface area contributed by atoms with Crippen molar-refractivity contribution in [2.75, 3.05) is 18.8 Å². The van der Waals surface area contributed by atoms with Gasteiger partial charge in [0.05, 0.1) is 16.8 Å². The third-order valence-electron chi connectivity index (χ3n) is 7.35. The van der Waals surface area contributed by atoms with Crippen LogP contribution in [0.4, 0.5) is 0 Å². The standard InChI is InChI=1S/C27H36N4O5S2/c1-3-5-25(37(33)34)29-16-18-6-8-19(9-7-18)21-14-22-24(17-30-26(22)23(15-21)27(28)32)20-10-12-31(13-11-20)38(35,36)4-2/h6-9,14-15,17,20,25,29-30H,3-5,10-13,16H2,1-2H3,(H2,28,32)(H,33,34). The van der Waals surface area contributed by atoms with Gasteiger partial charge in [0.1, 0.15) is 5.37 Å². The molecule has 0 aliphatic carbocycles. The second-order valence-corrected chi connectivity index (χ2v) is 13.1. The number of hydrogen-bond acceptors (Lipinski definition) is 5.